The molecule has 0 aliphatic heterocycles. The molecule has 0 aromatic heterocycles. The summed E-state index contributed by atoms with van der Waals surface area (Å²) >= 11 is 12.4. The number of hydrogen-bond donors (Lipinski definition) is 1. The van der Waals surface area contributed by atoms with Crippen LogP contribution in [0.5, 0.6) is 0 Å². The predicted molar refractivity (Wildman–Crippen MR) is 82.0 cm³/mol. The first-order chi connectivity index (χ1) is 9.20. The lowest BCUT2D eigenvalue weighted by Crippen LogP contribution is -2.12. The van der Waals surface area contributed by atoms with E-state index in [4.69, 9.17) is 23.2 Å². The van der Waals surface area contributed by atoms with E-state index in [1.807, 2.05) is 25.2 Å². The average molecular weight is 292 g/mol. The summed E-state index contributed by atoms with van der Waals surface area (Å²) in [5, 5.41) is 4.84. The maximum absolute atomic E-state index is 6.33. The van der Waals surface area contributed by atoms with E-state index in [-0.39, 0.29) is 0 Å². The zero-order valence-electron chi connectivity index (χ0n) is 10.7. The molecular weight excluding hydrogens is 277 g/mol. The van der Waals surface area contributed by atoms with Gasteiger partial charge in [-0.1, -0.05) is 41.4 Å². The van der Waals surface area contributed by atoms with E-state index in [0.29, 0.717) is 6.04 Å². The van der Waals surface area contributed by atoms with Crippen LogP contribution in [-0.2, 0) is 6.42 Å². The molecule has 1 aliphatic rings. The van der Waals surface area contributed by atoms with Crippen molar-refractivity contribution >= 4 is 23.2 Å². The molecule has 0 fully saturated rings. The molecule has 0 radical (unpaired) electrons. The third-order valence-electron chi connectivity index (χ3n) is 3.84. The third-order valence-corrected chi connectivity index (χ3v) is 4.40. The minimum Gasteiger partial charge on any atom is -0.313 e. The van der Waals surface area contributed by atoms with E-state index >= 15 is 0 Å². The van der Waals surface area contributed by atoms with E-state index in [0.717, 1.165) is 28.5 Å². The van der Waals surface area contributed by atoms with Gasteiger partial charge >= 0.3 is 0 Å². The van der Waals surface area contributed by atoms with Gasteiger partial charge in [-0.15, -0.1) is 0 Å². The number of rotatable bonds is 2. The maximum atomic E-state index is 6.33. The fourth-order valence-electron chi connectivity index (χ4n) is 2.91. The Hall–Kier alpha value is -1.02. The van der Waals surface area contributed by atoms with Gasteiger partial charge in [0.25, 0.3) is 0 Å². The Balaban J connectivity index is 2.17. The van der Waals surface area contributed by atoms with Crippen LogP contribution in [0, 0.1) is 0 Å². The molecule has 0 amide bonds. The Morgan fingerprint density at radius 1 is 1.11 bits per heavy atom. The van der Waals surface area contributed by atoms with Crippen molar-refractivity contribution < 1.29 is 0 Å². The van der Waals surface area contributed by atoms with Gasteiger partial charge in [0.15, 0.2) is 0 Å². The van der Waals surface area contributed by atoms with E-state index in [9.17, 15) is 0 Å². The van der Waals surface area contributed by atoms with Gasteiger partial charge in [-0.05, 0) is 54.8 Å². The van der Waals surface area contributed by atoms with Crippen LogP contribution < -0.4 is 5.32 Å². The average Bonchev–Trinajstić information content (AvgIpc) is 2.84. The van der Waals surface area contributed by atoms with Gasteiger partial charge < -0.3 is 5.32 Å². The quantitative estimate of drug-likeness (QED) is 0.833. The van der Waals surface area contributed by atoms with Crippen molar-refractivity contribution in [3.63, 3.8) is 0 Å². The van der Waals surface area contributed by atoms with Crippen LogP contribution in [0.4, 0.5) is 0 Å². The summed E-state index contributed by atoms with van der Waals surface area (Å²) in [7, 11) is 2.01. The molecule has 3 heteroatoms. The first-order valence-corrected chi connectivity index (χ1v) is 7.21. The van der Waals surface area contributed by atoms with Gasteiger partial charge in [-0.2, -0.15) is 0 Å². The Bertz CT molecular complexity index is 622. The molecule has 1 aliphatic carbocycles. The highest BCUT2D eigenvalue weighted by atomic mass is 35.5. The summed E-state index contributed by atoms with van der Waals surface area (Å²) in [4.78, 5) is 0. The smallest absolute Gasteiger partial charge is 0.0485 e. The monoisotopic (exact) mass is 291 g/mol. The van der Waals surface area contributed by atoms with Crippen molar-refractivity contribution in [1.82, 2.24) is 5.32 Å². The first-order valence-electron chi connectivity index (χ1n) is 6.45. The topological polar surface area (TPSA) is 12.0 Å². The lowest BCUT2D eigenvalue weighted by molar-refractivity contribution is 0.590. The van der Waals surface area contributed by atoms with Crippen LogP contribution in [0.25, 0.3) is 11.1 Å². The summed E-state index contributed by atoms with van der Waals surface area (Å²) in [5.41, 5.74) is 5.02. The van der Waals surface area contributed by atoms with Crippen LogP contribution >= 0.6 is 23.2 Å². The van der Waals surface area contributed by atoms with Gasteiger partial charge in [0, 0.05) is 21.7 Å². The SMILES string of the molecule is CNC1CCc2c(-c3cc(Cl)ccc3Cl)cccc21. The van der Waals surface area contributed by atoms with Crippen molar-refractivity contribution in [3.8, 4) is 11.1 Å². The first kappa shape index (κ1) is 13.0. The lowest BCUT2D eigenvalue weighted by Gasteiger charge is -2.13. The highest BCUT2D eigenvalue weighted by Gasteiger charge is 2.24. The van der Waals surface area contributed by atoms with Crippen LogP contribution in [0.1, 0.15) is 23.6 Å². The number of hydrogen-bond acceptors (Lipinski definition) is 1. The zero-order valence-corrected chi connectivity index (χ0v) is 12.2. The molecular formula is C16H15Cl2N. The summed E-state index contributed by atoms with van der Waals surface area (Å²) in [6.45, 7) is 0. The summed E-state index contributed by atoms with van der Waals surface area (Å²) in [6, 6.07) is 12.5. The molecule has 0 spiro atoms. The Morgan fingerprint density at radius 3 is 2.74 bits per heavy atom. The predicted octanol–water partition coefficient (Wildman–Crippen LogP) is 4.87. The van der Waals surface area contributed by atoms with E-state index < -0.39 is 0 Å². The van der Waals surface area contributed by atoms with Crippen molar-refractivity contribution in [1.29, 1.82) is 0 Å². The van der Waals surface area contributed by atoms with E-state index in [2.05, 4.69) is 23.5 Å². The summed E-state index contributed by atoms with van der Waals surface area (Å²) in [5.74, 6) is 0. The number of fused-ring (bicyclic) bond motifs is 1. The molecule has 0 bridgehead atoms. The Kier molecular flexibility index (Phi) is 3.53. The second-order valence-corrected chi connectivity index (χ2v) is 5.72. The molecule has 0 saturated carbocycles. The molecule has 1 atom stereocenters. The molecule has 0 heterocycles. The van der Waals surface area contributed by atoms with Gasteiger partial charge in [0.05, 0.1) is 0 Å². The molecule has 98 valence electrons. The number of nitrogens with one attached hydrogen (secondary N) is 1. The van der Waals surface area contributed by atoms with Crippen molar-refractivity contribution in [2.24, 2.45) is 0 Å². The van der Waals surface area contributed by atoms with Crippen molar-refractivity contribution in [3.05, 3.63) is 57.6 Å². The molecule has 1 N–H and O–H groups in total. The van der Waals surface area contributed by atoms with Crippen molar-refractivity contribution in [2.45, 2.75) is 18.9 Å². The normalized spacial score (nSPS) is 17.5. The second-order valence-electron chi connectivity index (χ2n) is 4.88. The van der Waals surface area contributed by atoms with Gasteiger partial charge in [0.1, 0.15) is 0 Å². The van der Waals surface area contributed by atoms with E-state index in [1.165, 1.54) is 16.7 Å². The second kappa shape index (κ2) is 5.16. The maximum Gasteiger partial charge on any atom is 0.0485 e. The zero-order chi connectivity index (χ0) is 13.4. The molecule has 1 unspecified atom stereocenters. The van der Waals surface area contributed by atoms with Crippen LogP contribution in [0.15, 0.2) is 36.4 Å². The van der Waals surface area contributed by atoms with Crippen molar-refractivity contribution in [2.75, 3.05) is 7.05 Å². The molecule has 3 rings (SSSR count). The van der Waals surface area contributed by atoms with Crippen LogP contribution in [0.2, 0.25) is 10.0 Å². The number of halogens is 2. The van der Waals surface area contributed by atoms with E-state index in [1.54, 1.807) is 0 Å². The standard InChI is InChI=1S/C16H15Cl2N/c1-19-16-8-6-12-11(3-2-4-13(12)16)14-9-10(17)5-7-15(14)18/h2-5,7,9,16,19H,6,8H2,1H3. The van der Waals surface area contributed by atoms with Crippen LogP contribution in [0.3, 0.4) is 0 Å². The molecule has 19 heavy (non-hydrogen) atoms. The fraction of sp³-hybridized carbons (Fsp3) is 0.250. The minimum atomic E-state index is 0.452. The largest absolute Gasteiger partial charge is 0.313 e. The van der Waals surface area contributed by atoms with Gasteiger partial charge in [0.2, 0.25) is 0 Å². The fourth-order valence-corrected chi connectivity index (χ4v) is 3.30. The lowest BCUT2D eigenvalue weighted by atomic mass is 9.96. The molecule has 1 nitrogen and oxygen atoms in total. The Morgan fingerprint density at radius 2 is 1.95 bits per heavy atom. The highest BCUT2D eigenvalue weighted by Crippen LogP contribution is 2.40. The van der Waals surface area contributed by atoms with Gasteiger partial charge in [-0.3, -0.25) is 0 Å². The number of benzene rings is 2. The molecule has 0 saturated heterocycles. The third kappa shape index (κ3) is 2.27. The molecule has 2 aromatic carbocycles. The minimum absolute atomic E-state index is 0.452. The summed E-state index contributed by atoms with van der Waals surface area (Å²) < 4.78 is 0. The van der Waals surface area contributed by atoms with Crippen LogP contribution in [-0.4, -0.2) is 7.05 Å². The van der Waals surface area contributed by atoms with Gasteiger partial charge in [-0.25, -0.2) is 0 Å². The summed E-state index contributed by atoms with van der Waals surface area (Å²) in [6.07, 6.45) is 2.22. The highest BCUT2D eigenvalue weighted by molar-refractivity contribution is 6.35. The Labute approximate surface area is 123 Å². The molecule has 2 aromatic rings.